The Labute approximate surface area is 87.5 Å². The summed E-state index contributed by atoms with van der Waals surface area (Å²) < 4.78 is 3.25. The van der Waals surface area contributed by atoms with Crippen LogP contribution in [0.15, 0.2) is 4.60 Å². The summed E-state index contributed by atoms with van der Waals surface area (Å²) in [4.78, 5) is 0. The molecule has 1 aliphatic carbocycles. The van der Waals surface area contributed by atoms with Crippen molar-refractivity contribution in [1.82, 2.24) is 9.78 Å². The third-order valence-electron chi connectivity index (χ3n) is 2.50. The summed E-state index contributed by atoms with van der Waals surface area (Å²) in [5.41, 5.74) is 2.90. The number of halogens is 1. The SMILES string of the molecule is CC(C)Cn1nc(Br)c2c1CCC2. The zero-order chi connectivity index (χ0) is 9.42. The number of hydrogen-bond acceptors (Lipinski definition) is 1. The summed E-state index contributed by atoms with van der Waals surface area (Å²) in [6, 6.07) is 0. The largest absolute Gasteiger partial charge is 0.268 e. The van der Waals surface area contributed by atoms with E-state index in [1.165, 1.54) is 30.5 Å². The van der Waals surface area contributed by atoms with Crippen molar-refractivity contribution >= 4 is 15.9 Å². The molecule has 1 aliphatic rings. The molecule has 0 amide bonds. The molecule has 13 heavy (non-hydrogen) atoms. The highest BCUT2D eigenvalue weighted by molar-refractivity contribution is 9.10. The van der Waals surface area contributed by atoms with Crippen molar-refractivity contribution in [1.29, 1.82) is 0 Å². The first-order chi connectivity index (χ1) is 6.18. The molecule has 2 rings (SSSR count). The van der Waals surface area contributed by atoms with Crippen molar-refractivity contribution in [2.75, 3.05) is 0 Å². The number of fused-ring (bicyclic) bond motifs is 1. The topological polar surface area (TPSA) is 17.8 Å². The third-order valence-corrected chi connectivity index (χ3v) is 3.13. The van der Waals surface area contributed by atoms with Gasteiger partial charge in [-0.05, 0) is 41.1 Å². The zero-order valence-corrected chi connectivity index (χ0v) is 9.76. The summed E-state index contributed by atoms with van der Waals surface area (Å²) in [7, 11) is 0. The Balaban J connectivity index is 2.31. The third kappa shape index (κ3) is 1.66. The second-order valence-corrected chi connectivity index (χ2v) is 4.90. The van der Waals surface area contributed by atoms with Crippen LogP contribution >= 0.6 is 15.9 Å². The smallest absolute Gasteiger partial charge is 0.131 e. The summed E-state index contributed by atoms with van der Waals surface area (Å²) in [6.45, 7) is 5.52. The number of nitrogens with zero attached hydrogens (tertiary/aromatic N) is 2. The number of hydrogen-bond donors (Lipinski definition) is 0. The Morgan fingerprint density at radius 3 is 2.92 bits per heavy atom. The first-order valence-corrected chi connectivity index (χ1v) is 5.72. The van der Waals surface area contributed by atoms with Gasteiger partial charge in [-0.25, -0.2) is 0 Å². The van der Waals surface area contributed by atoms with Crippen LogP contribution in [0.1, 0.15) is 31.5 Å². The molecule has 0 atom stereocenters. The monoisotopic (exact) mass is 242 g/mol. The van der Waals surface area contributed by atoms with Crippen molar-refractivity contribution in [3.63, 3.8) is 0 Å². The number of aromatic nitrogens is 2. The van der Waals surface area contributed by atoms with Crippen molar-refractivity contribution in [3.05, 3.63) is 15.9 Å². The minimum Gasteiger partial charge on any atom is -0.268 e. The van der Waals surface area contributed by atoms with Gasteiger partial charge in [0.25, 0.3) is 0 Å². The molecule has 72 valence electrons. The Bertz CT molecular complexity index is 315. The van der Waals surface area contributed by atoms with Crippen molar-refractivity contribution in [2.45, 2.75) is 39.7 Å². The highest BCUT2D eigenvalue weighted by atomic mass is 79.9. The predicted molar refractivity (Wildman–Crippen MR) is 56.8 cm³/mol. The Kier molecular flexibility index (Phi) is 2.45. The molecule has 0 radical (unpaired) electrons. The molecule has 1 heterocycles. The molecule has 0 saturated carbocycles. The Hall–Kier alpha value is -0.310. The molecule has 0 N–H and O–H groups in total. The first-order valence-electron chi connectivity index (χ1n) is 4.92. The average molecular weight is 243 g/mol. The van der Waals surface area contributed by atoms with Gasteiger partial charge in [-0.1, -0.05) is 13.8 Å². The fourth-order valence-electron chi connectivity index (χ4n) is 1.96. The lowest BCUT2D eigenvalue weighted by molar-refractivity contribution is 0.468. The van der Waals surface area contributed by atoms with Crippen molar-refractivity contribution in [3.8, 4) is 0 Å². The van der Waals surface area contributed by atoms with Gasteiger partial charge in [0.2, 0.25) is 0 Å². The summed E-state index contributed by atoms with van der Waals surface area (Å²) in [5, 5.41) is 4.51. The second-order valence-electron chi connectivity index (χ2n) is 4.15. The fraction of sp³-hybridized carbons (Fsp3) is 0.700. The van der Waals surface area contributed by atoms with E-state index in [0.717, 1.165) is 11.1 Å². The van der Waals surface area contributed by atoms with E-state index in [-0.39, 0.29) is 0 Å². The lowest BCUT2D eigenvalue weighted by atomic mass is 10.2. The summed E-state index contributed by atoms with van der Waals surface area (Å²) in [5.74, 6) is 0.677. The van der Waals surface area contributed by atoms with Crippen LogP contribution < -0.4 is 0 Å². The van der Waals surface area contributed by atoms with Crippen molar-refractivity contribution in [2.24, 2.45) is 5.92 Å². The summed E-state index contributed by atoms with van der Waals surface area (Å²) >= 11 is 3.53. The lowest BCUT2D eigenvalue weighted by Gasteiger charge is -2.07. The maximum Gasteiger partial charge on any atom is 0.131 e. The first kappa shape index (κ1) is 9.25. The predicted octanol–water partition coefficient (Wildman–Crippen LogP) is 2.79. The molecule has 0 aromatic carbocycles. The van der Waals surface area contributed by atoms with E-state index in [1.807, 2.05) is 0 Å². The Morgan fingerprint density at radius 2 is 2.23 bits per heavy atom. The van der Waals surface area contributed by atoms with Crippen LogP contribution in [0.25, 0.3) is 0 Å². The average Bonchev–Trinajstić information content (AvgIpc) is 2.56. The molecule has 1 aromatic heterocycles. The minimum atomic E-state index is 0.677. The standard InChI is InChI=1S/C10H15BrN2/c1-7(2)6-13-9-5-3-4-8(9)10(11)12-13/h7H,3-6H2,1-2H3. The van der Waals surface area contributed by atoms with E-state index in [4.69, 9.17) is 0 Å². The molecular weight excluding hydrogens is 228 g/mol. The maximum atomic E-state index is 4.51. The minimum absolute atomic E-state index is 0.677. The molecule has 0 fully saturated rings. The molecular formula is C10H15BrN2. The molecule has 3 heteroatoms. The normalized spacial score (nSPS) is 15.4. The van der Waals surface area contributed by atoms with Crippen LogP contribution in [0.3, 0.4) is 0 Å². The maximum absolute atomic E-state index is 4.51. The second kappa shape index (κ2) is 3.45. The van der Waals surface area contributed by atoms with Crippen LogP contribution in [-0.4, -0.2) is 9.78 Å². The van der Waals surface area contributed by atoms with Gasteiger partial charge < -0.3 is 0 Å². The molecule has 1 aromatic rings. The summed E-state index contributed by atoms with van der Waals surface area (Å²) in [6.07, 6.45) is 3.71. The van der Waals surface area contributed by atoms with Gasteiger partial charge in [-0.2, -0.15) is 5.10 Å². The van der Waals surface area contributed by atoms with E-state index >= 15 is 0 Å². The van der Waals surface area contributed by atoms with Crippen molar-refractivity contribution < 1.29 is 0 Å². The van der Waals surface area contributed by atoms with E-state index in [0.29, 0.717) is 5.92 Å². The number of rotatable bonds is 2. The molecule has 0 bridgehead atoms. The molecule has 0 spiro atoms. The van der Waals surface area contributed by atoms with E-state index < -0.39 is 0 Å². The zero-order valence-electron chi connectivity index (χ0n) is 8.18. The molecule has 0 saturated heterocycles. The van der Waals surface area contributed by atoms with E-state index in [1.54, 1.807) is 0 Å². The quantitative estimate of drug-likeness (QED) is 0.780. The van der Waals surface area contributed by atoms with E-state index in [2.05, 4.69) is 39.6 Å². The van der Waals surface area contributed by atoms with Crippen LogP contribution in [0, 0.1) is 5.92 Å². The van der Waals surface area contributed by atoms with Gasteiger partial charge in [-0.3, -0.25) is 4.68 Å². The van der Waals surface area contributed by atoms with Gasteiger partial charge in [0.05, 0.1) is 0 Å². The highest BCUT2D eigenvalue weighted by Crippen LogP contribution is 2.28. The molecule has 0 aliphatic heterocycles. The van der Waals surface area contributed by atoms with Crippen LogP contribution in [0.4, 0.5) is 0 Å². The van der Waals surface area contributed by atoms with Gasteiger partial charge in [0, 0.05) is 17.8 Å². The van der Waals surface area contributed by atoms with Gasteiger partial charge in [-0.15, -0.1) is 0 Å². The molecule has 0 unspecified atom stereocenters. The van der Waals surface area contributed by atoms with Gasteiger partial charge in [0.1, 0.15) is 4.60 Å². The van der Waals surface area contributed by atoms with E-state index in [9.17, 15) is 0 Å². The van der Waals surface area contributed by atoms with Crippen LogP contribution in [0.5, 0.6) is 0 Å². The lowest BCUT2D eigenvalue weighted by Crippen LogP contribution is -2.08. The van der Waals surface area contributed by atoms with Gasteiger partial charge in [0.15, 0.2) is 0 Å². The fourth-order valence-corrected chi connectivity index (χ4v) is 2.58. The molecule has 2 nitrogen and oxygen atoms in total. The van der Waals surface area contributed by atoms with Crippen LogP contribution in [-0.2, 0) is 19.4 Å². The van der Waals surface area contributed by atoms with Crippen LogP contribution in [0.2, 0.25) is 0 Å². The van der Waals surface area contributed by atoms with Gasteiger partial charge >= 0.3 is 0 Å². The highest BCUT2D eigenvalue weighted by Gasteiger charge is 2.20. The Morgan fingerprint density at radius 1 is 1.46 bits per heavy atom.